The quantitative estimate of drug-likeness (QED) is 0.944. The summed E-state index contributed by atoms with van der Waals surface area (Å²) < 4.78 is 5.09. The van der Waals surface area contributed by atoms with Crippen molar-refractivity contribution in [2.45, 2.75) is 18.8 Å². The number of ether oxygens (including phenoxy) is 1. The predicted molar refractivity (Wildman–Crippen MR) is 88.7 cm³/mol. The minimum atomic E-state index is 0.0917. The van der Waals surface area contributed by atoms with E-state index in [1.54, 1.807) is 18.2 Å². The van der Waals surface area contributed by atoms with Crippen LogP contribution in [0.4, 0.5) is 0 Å². The van der Waals surface area contributed by atoms with Crippen LogP contribution in [-0.2, 0) is 11.2 Å². The molecular formula is C19H21NO3. The van der Waals surface area contributed by atoms with Crippen LogP contribution in [0.3, 0.4) is 0 Å². The second-order valence-corrected chi connectivity index (χ2v) is 5.92. The molecule has 23 heavy (non-hydrogen) atoms. The van der Waals surface area contributed by atoms with Crippen molar-refractivity contribution in [3.05, 3.63) is 59.7 Å². The lowest BCUT2D eigenvalue weighted by Crippen LogP contribution is -2.29. The van der Waals surface area contributed by atoms with E-state index in [0.717, 1.165) is 25.1 Å². The second-order valence-electron chi connectivity index (χ2n) is 5.92. The average Bonchev–Trinajstić information content (AvgIpc) is 3.07. The second kappa shape index (κ2) is 6.73. The number of hydrogen-bond acceptors (Lipinski definition) is 3. The minimum absolute atomic E-state index is 0.0917. The van der Waals surface area contributed by atoms with Gasteiger partial charge in [-0.3, -0.25) is 4.79 Å². The highest BCUT2D eigenvalue weighted by atomic mass is 16.5. The summed E-state index contributed by atoms with van der Waals surface area (Å²) in [5.74, 6) is 1.04. The van der Waals surface area contributed by atoms with Crippen LogP contribution in [0, 0.1) is 0 Å². The van der Waals surface area contributed by atoms with Crippen LogP contribution in [0.5, 0.6) is 11.5 Å². The van der Waals surface area contributed by atoms with Gasteiger partial charge < -0.3 is 14.7 Å². The number of phenolic OH excluding ortho intramolecular Hbond substituents is 1. The Morgan fingerprint density at radius 1 is 1.26 bits per heavy atom. The fraction of sp³-hybridized carbons (Fsp3) is 0.316. The third kappa shape index (κ3) is 3.47. The van der Waals surface area contributed by atoms with Crippen LogP contribution in [0.2, 0.25) is 0 Å². The Hall–Kier alpha value is -2.49. The van der Waals surface area contributed by atoms with Gasteiger partial charge in [0.2, 0.25) is 5.91 Å². The molecule has 0 spiro atoms. The number of amides is 1. The Kier molecular flexibility index (Phi) is 4.51. The number of carbonyl (C=O) groups excluding carboxylic acids is 1. The van der Waals surface area contributed by atoms with Crippen molar-refractivity contribution >= 4 is 5.91 Å². The molecule has 1 aliphatic heterocycles. The summed E-state index contributed by atoms with van der Waals surface area (Å²) in [5, 5.41) is 9.62. The Bertz CT molecular complexity index is 684. The van der Waals surface area contributed by atoms with E-state index >= 15 is 0 Å². The van der Waals surface area contributed by atoms with E-state index in [0.29, 0.717) is 18.1 Å². The third-order valence-corrected chi connectivity index (χ3v) is 4.41. The summed E-state index contributed by atoms with van der Waals surface area (Å²) in [6.45, 7) is 1.58. The number of likely N-dealkylation sites (tertiary alicyclic amines) is 1. The number of phenols is 1. The van der Waals surface area contributed by atoms with Crippen LogP contribution in [0.1, 0.15) is 23.5 Å². The number of hydrogen-bond donors (Lipinski definition) is 1. The zero-order chi connectivity index (χ0) is 16.2. The molecule has 0 aromatic heterocycles. The molecule has 1 saturated heterocycles. The summed E-state index contributed by atoms with van der Waals surface area (Å²) in [6.07, 6.45) is 1.34. The van der Waals surface area contributed by atoms with E-state index in [1.807, 2.05) is 23.1 Å². The molecule has 0 bridgehead atoms. The highest BCUT2D eigenvalue weighted by Gasteiger charge is 2.27. The van der Waals surface area contributed by atoms with Crippen LogP contribution in [-0.4, -0.2) is 36.1 Å². The molecule has 3 rings (SSSR count). The van der Waals surface area contributed by atoms with Gasteiger partial charge in [0.15, 0.2) is 11.5 Å². The number of carbonyl (C=O) groups is 1. The summed E-state index contributed by atoms with van der Waals surface area (Å²) in [6, 6.07) is 15.4. The minimum Gasteiger partial charge on any atom is -0.504 e. The van der Waals surface area contributed by atoms with Gasteiger partial charge in [-0.2, -0.15) is 0 Å². The van der Waals surface area contributed by atoms with Crippen molar-refractivity contribution in [3.8, 4) is 11.5 Å². The molecule has 1 heterocycles. The molecule has 2 aromatic rings. The van der Waals surface area contributed by atoms with Crippen molar-refractivity contribution in [1.29, 1.82) is 0 Å². The molecule has 0 saturated carbocycles. The van der Waals surface area contributed by atoms with Crippen LogP contribution >= 0.6 is 0 Å². The molecule has 1 fully saturated rings. The molecule has 0 radical (unpaired) electrons. The van der Waals surface area contributed by atoms with E-state index in [2.05, 4.69) is 12.1 Å². The van der Waals surface area contributed by atoms with Crippen molar-refractivity contribution in [2.75, 3.05) is 20.2 Å². The van der Waals surface area contributed by atoms with Crippen LogP contribution in [0.25, 0.3) is 0 Å². The number of methoxy groups -OCH3 is 1. The van der Waals surface area contributed by atoms with Crippen molar-refractivity contribution in [1.82, 2.24) is 4.90 Å². The molecule has 2 aromatic carbocycles. The smallest absolute Gasteiger partial charge is 0.227 e. The standard InChI is InChI=1S/C19H21NO3/c1-23-18-11-14(7-8-17(18)21)12-19(22)20-10-9-16(13-20)15-5-3-2-4-6-15/h2-8,11,16,21H,9-10,12-13H2,1H3/t16-/m0/s1. The maximum Gasteiger partial charge on any atom is 0.227 e. The molecule has 0 unspecified atom stereocenters. The van der Waals surface area contributed by atoms with Crippen LogP contribution < -0.4 is 4.74 Å². The van der Waals surface area contributed by atoms with Crippen molar-refractivity contribution in [3.63, 3.8) is 0 Å². The van der Waals surface area contributed by atoms with Gasteiger partial charge in [-0.25, -0.2) is 0 Å². The first-order chi connectivity index (χ1) is 11.2. The van der Waals surface area contributed by atoms with Gasteiger partial charge in [0.1, 0.15) is 0 Å². The van der Waals surface area contributed by atoms with Gasteiger partial charge in [-0.15, -0.1) is 0 Å². The zero-order valence-corrected chi connectivity index (χ0v) is 13.2. The van der Waals surface area contributed by atoms with E-state index < -0.39 is 0 Å². The highest BCUT2D eigenvalue weighted by molar-refractivity contribution is 5.79. The maximum atomic E-state index is 12.5. The maximum absolute atomic E-state index is 12.5. The summed E-state index contributed by atoms with van der Waals surface area (Å²) in [5.41, 5.74) is 2.15. The molecule has 1 aliphatic rings. The Morgan fingerprint density at radius 3 is 2.78 bits per heavy atom. The average molecular weight is 311 g/mol. The van der Waals surface area contributed by atoms with Gasteiger partial charge in [0.25, 0.3) is 0 Å². The highest BCUT2D eigenvalue weighted by Crippen LogP contribution is 2.29. The lowest BCUT2D eigenvalue weighted by molar-refractivity contribution is -0.129. The fourth-order valence-corrected chi connectivity index (χ4v) is 3.10. The first kappa shape index (κ1) is 15.4. The Labute approximate surface area is 136 Å². The van der Waals surface area contributed by atoms with E-state index in [1.165, 1.54) is 12.7 Å². The van der Waals surface area contributed by atoms with Gasteiger partial charge >= 0.3 is 0 Å². The number of aromatic hydroxyl groups is 1. The molecule has 4 nitrogen and oxygen atoms in total. The van der Waals surface area contributed by atoms with E-state index in [9.17, 15) is 9.90 Å². The SMILES string of the molecule is COc1cc(CC(=O)N2CC[C@H](c3ccccc3)C2)ccc1O. The summed E-state index contributed by atoms with van der Waals surface area (Å²) in [7, 11) is 1.51. The van der Waals surface area contributed by atoms with Crippen LogP contribution in [0.15, 0.2) is 48.5 Å². The lowest BCUT2D eigenvalue weighted by Gasteiger charge is -2.17. The molecule has 1 N–H and O–H groups in total. The predicted octanol–water partition coefficient (Wildman–Crippen LogP) is 2.96. The number of rotatable bonds is 4. The normalized spacial score (nSPS) is 17.3. The Balaban J connectivity index is 1.63. The van der Waals surface area contributed by atoms with Crippen molar-refractivity contribution in [2.24, 2.45) is 0 Å². The number of nitrogens with zero attached hydrogens (tertiary/aromatic N) is 1. The Morgan fingerprint density at radius 2 is 2.04 bits per heavy atom. The molecule has 1 atom stereocenters. The van der Waals surface area contributed by atoms with E-state index in [4.69, 9.17) is 4.74 Å². The zero-order valence-electron chi connectivity index (χ0n) is 13.2. The topological polar surface area (TPSA) is 49.8 Å². The first-order valence-electron chi connectivity index (χ1n) is 7.86. The molecule has 120 valence electrons. The molecular weight excluding hydrogens is 290 g/mol. The van der Waals surface area contributed by atoms with Gasteiger partial charge in [0.05, 0.1) is 13.5 Å². The monoisotopic (exact) mass is 311 g/mol. The van der Waals surface area contributed by atoms with E-state index in [-0.39, 0.29) is 11.7 Å². The lowest BCUT2D eigenvalue weighted by atomic mass is 9.99. The van der Waals surface area contributed by atoms with Gasteiger partial charge in [0, 0.05) is 19.0 Å². The largest absolute Gasteiger partial charge is 0.504 e. The van der Waals surface area contributed by atoms with Gasteiger partial charge in [-0.1, -0.05) is 36.4 Å². The number of benzene rings is 2. The summed E-state index contributed by atoms with van der Waals surface area (Å²) >= 11 is 0. The molecule has 0 aliphatic carbocycles. The first-order valence-corrected chi connectivity index (χ1v) is 7.86. The third-order valence-electron chi connectivity index (χ3n) is 4.41. The van der Waals surface area contributed by atoms with Gasteiger partial charge in [-0.05, 0) is 29.7 Å². The summed E-state index contributed by atoms with van der Waals surface area (Å²) in [4.78, 5) is 14.4. The fourth-order valence-electron chi connectivity index (χ4n) is 3.10. The molecule has 1 amide bonds. The molecule has 4 heteroatoms. The van der Waals surface area contributed by atoms with Crippen molar-refractivity contribution < 1.29 is 14.6 Å².